The van der Waals surface area contributed by atoms with Gasteiger partial charge in [0.05, 0.1) is 34.4 Å². The van der Waals surface area contributed by atoms with Crippen molar-refractivity contribution in [3.05, 3.63) is 64.2 Å². The third-order valence-electron chi connectivity index (χ3n) is 5.87. The molecule has 29 heavy (non-hydrogen) atoms. The van der Waals surface area contributed by atoms with Gasteiger partial charge < -0.3 is 5.11 Å². The Morgan fingerprint density at radius 3 is 2.55 bits per heavy atom. The molecular formula is C23H22ClN3O2. The fourth-order valence-corrected chi connectivity index (χ4v) is 4.61. The molecule has 1 N–H and O–H groups in total. The second-order valence-electron chi connectivity index (χ2n) is 7.75. The van der Waals surface area contributed by atoms with Crippen molar-refractivity contribution in [2.24, 2.45) is 11.0 Å². The number of hydrazone groups is 1. The quantitative estimate of drug-likeness (QED) is 0.755. The van der Waals surface area contributed by atoms with E-state index in [0.29, 0.717) is 16.5 Å². The van der Waals surface area contributed by atoms with E-state index >= 15 is 0 Å². The monoisotopic (exact) mass is 407 g/mol. The minimum absolute atomic E-state index is 0.0212. The van der Waals surface area contributed by atoms with Crippen molar-refractivity contribution < 1.29 is 9.90 Å². The zero-order chi connectivity index (χ0) is 20.4. The van der Waals surface area contributed by atoms with E-state index in [1.807, 2.05) is 36.4 Å². The van der Waals surface area contributed by atoms with Crippen molar-refractivity contribution in [3.8, 4) is 6.07 Å². The van der Waals surface area contributed by atoms with Crippen LogP contribution in [0.15, 0.2) is 47.6 Å². The Bertz CT molecular complexity index is 988. The van der Waals surface area contributed by atoms with Crippen LogP contribution >= 0.6 is 11.6 Å². The molecule has 1 heterocycles. The minimum atomic E-state index is -0.832. The van der Waals surface area contributed by atoms with E-state index in [1.54, 1.807) is 6.07 Å². The van der Waals surface area contributed by atoms with Crippen LogP contribution in [-0.4, -0.2) is 22.8 Å². The van der Waals surface area contributed by atoms with E-state index < -0.39 is 5.97 Å². The van der Waals surface area contributed by atoms with Gasteiger partial charge in [0.25, 0.3) is 0 Å². The standard InChI is InChI=1S/C23H22ClN3O2/c24-20-12-19(10-9-18(20)14-25)27-22(17-3-1-2-4-17)13-21(26-27)16-7-5-15(6-8-16)11-23(28)29/h5-10,12,17,22H,1-4,11,13H2,(H,28,29). The van der Waals surface area contributed by atoms with E-state index in [2.05, 4.69) is 11.1 Å². The molecule has 5 nitrogen and oxygen atoms in total. The molecule has 1 aliphatic carbocycles. The van der Waals surface area contributed by atoms with E-state index in [0.717, 1.165) is 28.9 Å². The lowest BCUT2D eigenvalue weighted by Gasteiger charge is -2.28. The first-order chi connectivity index (χ1) is 14.0. The summed E-state index contributed by atoms with van der Waals surface area (Å²) in [4.78, 5) is 10.9. The Balaban J connectivity index is 1.65. The summed E-state index contributed by atoms with van der Waals surface area (Å²) < 4.78 is 0. The predicted molar refractivity (Wildman–Crippen MR) is 113 cm³/mol. The summed E-state index contributed by atoms with van der Waals surface area (Å²) in [5.74, 6) is -0.252. The second-order valence-corrected chi connectivity index (χ2v) is 8.16. The maximum absolute atomic E-state index is 10.9. The molecule has 0 amide bonds. The molecule has 0 saturated heterocycles. The van der Waals surface area contributed by atoms with E-state index in [4.69, 9.17) is 27.1 Å². The Morgan fingerprint density at radius 2 is 1.93 bits per heavy atom. The Hall–Kier alpha value is -2.84. The molecule has 0 radical (unpaired) electrons. The topological polar surface area (TPSA) is 76.7 Å². The summed E-state index contributed by atoms with van der Waals surface area (Å²) in [6, 6.07) is 15.5. The molecule has 4 rings (SSSR count). The molecule has 1 aliphatic heterocycles. The summed E-state index contributed by atoms with van der Waals surface area (Å²) in [7, 11) is 0. The molecule has 6 heteroatoms. The largest absolute Gasteiger partial charge is 0.481 e. The third-order valence-corrected chi connectivity index (χ3v) is 6.18. The number of nitrogens with zero attached hydrogens (tertiary/aromatic N) is 3. The summed E-state index contributed by atoms with van der Waals surface area (Å²) in [5.41, 5.74) is 4.17. The first kappa shape index (κ1) is 19.5. The molecule has 1 fully saturated rings. The van der Waals surface area contributed by atoms with Crippen LogP contribution < -0.4 is 5.01 Å². The van der Waals surface area contributed by atoms with Gasteiger partial charge in [0.15, 0.2) is 0 Å². The van der Waals surface area contributed by atoms with Crippen molar-refractivity contribution in [1.82, 2.24) is 0 Å². The van der Waals surface area contributed by atoms with Crippen LogP contribution in [0, 0.1) is 17.2 Å². The number of nitriles is 1. The second kappa shape index (κ2) is 8.26. The van der Waals surface area contributed by atoms with Crippen molar-refractivity contribution in [2.45, 2.75) is 44.6 Å². The smallest absolute Gasteiger partial charge is 0.307 e. The molecule has 148 valence electrons. The molecule has 1 unspecified atom stereocenters. The first-order valence-corrected chi connectivity index (χ1v) is 10.3. The van der Waals surface area contributed by atoms with Gasteiger partial charge >= 0.3 is 5.97 Å². The highest BCUT2D eigenvalue weighted by molar-refractivity contribution is 6.32. The van der Waals surface area contributed by atoms with Crippen LogP contribution in [0.1, 0.15) is 48.8 Å². The lowest BCUT2D eigenvalue weighted by atomic mass is 9.91. The van der Waals surface area contributed by atoms with Crippen molar-refractivity contribution in [1.29, 1.82) is 5.26 Å². The molecule has 1 atom stereocenters. The fourth-order valence-electron chi connectivity index (χ4n) is 4.39. The van der Waals surface area contributed by atoms with Gasteiger partial charge in [0, 0.05) is 6.42 Å². The van der Waals surface area contributed by atoms with Gasteiger partial charge in [-0.3, -0.25) is 9.80 Å². The van der Waals surface area contributed by atoms with E-state index in [1.165, 1.54) is 25.7 Å². The Morgan fingerprint density at radius 1 is 1.21 bits per heavy atom. The number of anilines is 1. The highest BCUT2D eigenvalue weighted by Crippen LogP contribution is 2.39. The van der Waals surface area contributed by atoms with Crippen LogP contribution in [0.2, 0.25) is 5.02 Å². The van der Waals surface area contributed by atoms with Crippen LogP contribution in [0.3, 0.4) is 0 Å². The number of carbonyl (C=O) groups is 1. The van der Waals surface area contributed by atoms with Gasteiger partial charge in [-0.1, -0.05) is 48.7 Å². The normalized spacial score (nSPS) is 19.2. The highest BCUT2D eigenvalue weighted by Gasteiger charge is 2.36. The first-order valence-electron chi connectivity index (χ1n) is 9.92. The predicted octanol–water partition coefficient (Wildman–Crippen LogP) is 5.01. The molecule has 2 aliphatic rings. The van der Waals surface area contributed by atoms with Gasteiger partial charge in [-0.15, -0.1) is 0 Å². The molecule has 2 aromatic rings. The minimum Gasteiger partial charge on any atom is -0.481 e. The number of benzene rings is 2. The van der Waals surface area contributed by atoms with E-state index in [-0.39, 0.29) is 12.5 Å². The summed E-state index contributed by atoms with van der Waals surface area (Å²) >= 11 is 6.28. The summed E-state index contributed by atoms with van der Waals surface area (Å²) in [5, 5.41) is 25.6. The van der Waals surface area contributed by atoms with Crippen LogP contribution in [0.25, 0.3) is 0 Å². The summed E-state index contributed by atoms with van der Waals surface area (Å²) in [6.07, 6.45) is 5.77. The SMILES string of the molecule is N#Cc1ccc(N2N=C(c3ccc(CC(=O)O)cc3)CC2C2CCCC2)cc1Cl. The lowest BCUT2D eigenvalue weighted by molar-refractivity contribution is -0.136. The van der Waals surface area contributed by atoms with Crippen LogP contribution in [-0.2, 0) is 11.2 Å². The molecular weight excluding hydrogens is 386 g/mol. The van der Waals surface area contributed by atoms with Crippen LogP contribution in [0.4, 0.5) is 5.69 Å². The zero-order valence-electron chi connectivity index (χ0n) is 16.0. The zero-order valence-corrected chi connectivity index (χ0v) is 16.8. The number of carboxylic acids is 1. The van der Waals surface area contributed by atoms with Crippen molar-refractivity contribution >= 4 is 29.0 Å². The molecule has 1 saturated carbocycles. The Kier molecular flexibility index (Phi) is 5.55. The number of halogens is 1. The number of aliphatic carboxylic acids is 1. The summed E-state index contributed by atoms with van der Waals surface area (Å²) in [6.45, 7) is 0. The maximum Gasteiger partial charge on any atom is 0.307 e. The van der Waals surface area contributed by atoms with Gasteiger partial charge in [-0.2, -0.15) is 10.4 Å². The van der Waals surface area contributed by atoms with Crippen LogP contribution in [0.5, 0.6) is 0 Å². The third kappa shape index (κ3) is 4.13. The highest BCUT2D eigenvalue weighted by atomic mass is 35.5. The number of hydrogen-bond donors (Lipinski definition) is 1. The molecule has 2 aromatic carbocycles. The number of hydrogen-bond acceptors (Lipinski definition) is 4. The van der Waals surface area contributed by atoms with Gasteiger partial charge in [0.2, 0.25) is 0 Å². The average molecular weight is 408 g/mol. The van der Waals surface area contributed by atoms with Gasteiger partial charge in [-0.25, -0.2) is 0 Å². The van der Waals surface area contributed by atoms with Crippen molar-refractivity contribution in [2.75, 3.05) is 5.01 Å². The molecule has 0 spiro atoms. The lowest BCUT2D eigenvalue weighted by Crippen LogP contribution is -2.32. The Labute approximate surface area is 175 Å². The fraction of sp³-hybridized carbons (Fsp3) is 0.348. The number of carboxylic acid groups (broad SMARTS) is 1. The molecule has 0 aromatic heterocycles. The average Bonchev–Trinajstić information content (AvgIpc) is 3.38. The van der Waals surface area contributed by atoms with Gasteiger partial charge in [-0.05, 0) is 48.1 Å². The maximum atomic E-state index is 10.9. The van der Waals surface area contributed by atoms with Gasteiger partial charge in [0.1, 0.15) is 6.07 Å². The van der Waals surface area contributed by atoms with E-state index in [9.17, 15) is 4.79 Å². The molecule has 0 bridgehead atoms. The van der Waals surface area contributed by atoms with Crippen molar-refractivity contribution in [3.63, 3.8) is 0 Å². The number of rotatable bonds is 5.